The first-order valence-electron chi connectivity index (χ1n) is 13.4. The third kappa shape index (κ3) is 2.87. The van der Waals surface area contributed by atoms with Gasteiger partial charge in [0.2, 0.25) is 0 Å². The third-order valence-electron chi connectivity index (χ3n) is 8.56. The zero-order valence-electron chi connectivity index (χ0n) is 21.6. The number of hydrogen-bond acceptors (Lipinski definition) is 0. The van der Waals surface area contributed by atoms with Crippen LogP contribution in [0.1, 0.15) is 25.0 Å². The molecule has 0 unspecified atom stereocenters. The molecule has 0 bridgehead atoms. The lowest BCUT2D eigenvalue weighted by Gasteiger charge is -2.21. The second-order valence-corrected chi connectivity index (χ2v) is 11.0. The van der Waals surface area contributed by atoms with E-state index in [0.717, 1.165) is 0 Å². The molecule has 0 atom stereocenters. The van der Waals surface area contributed by atoms with E-state index in [4.69, 9.17) is 0 Å². The first-order chi connectivity index (χ1) is 18.6. The summed E-state index contributed by atoms with van der Waals surface area (Å²) in [5, 5.41) is 5.12. The van der Waals surface area contributed by atoms with Crippen LogP contribution in [0.2, 0.25) is 0 Å². The van der Waals surface area contributed by atoms with Crippen molar-refractivity contribution in [1.29, 1.82) is 0 Å². The van der Waals surface area contributed by atoms with E-state index in [-0.39, 0.29) is 5.41 Å². The van der Waals surface area contributed by atoms with E-state index >= 15 is 0 Å². The minimum Gasteiger partial charge on any atom is -0.309 e. The van der Waals surface area contributed by atoms with Crippen LogP contribution >= 0.6 is 0 Å². The molecule has 8 rings (SSSR count). The zero-order chi connectivity index (χ0) is 25.4. The highest BCUT2D eigenvalue weighted by Crippen LogP contribution is 2.52. The lowest BCUT2D eigenvalue weighted by atomic mass is 9.82. The molecule has 7 aromatic rings. The largest absolute Gasteiger partial charge is 0.309 e. The minimum atomic E-state index is -0.00651. The number of fused-ring (bicyclic) bond motifs is 7. The monoisotopic (exact) mass is 485 g/mol. The fourth-order valence-corrected chi connectivity index (χ4v) is 6.74. The summed E-state index contributed by atoms with van der Waals surface area (Å²) in [4.78, 5) is 0. The van der Waals surface area contributed by atoms with Crippen LogP contribution < -0.4 is 0 Å². The van der Waals surface area contributed by atoms with Crippen molar-refractivity contribution in [2.75, 3.05) is 0 Å². The van der Waals surface area contributed by atoms with Crippen molar-refractivity contribution in [2.45, 2.75) is 19.3 Å². The smallest absolute Gasteiger partial charge is 0.0547 e. The minimum absolute atomic E-state index is 0.00651. The van der Waals surface area contributed by atoms with Crippen molar-refractivity contribution in [2.24, 2.45) is 0 Å². The highest BCUT2D eigenvalue weighted by molar-refractivity contribution is 6.13. The Morgan fingerprint density at radius 1 is 0.500 bits per heavy atom. The second kappa shape index (κ2) is 7.69. The topological polar surface area (TPSA) is 4.93 Å². The summed E-state index contributed by atoms with van der Waals surface area (Å²) < 4.78 is 2.43. The van der Waals surface area contributed by atoms with Crippen LogP contribution in [-0.2, 0) is 5.41 Å². The molecule has 0 amide bonds. The number of rotatable bonds is 2. The molecule has 0 saturated carbocycles. The maximum Gasteiger partial charge on any atom is 0.0547 e. The molecule has 0 N–H and O–H groups in total. The molecular weight excluding hydrogens is 458 g/mol. The molecular formula is C37H27N. The van der Waals surface area contributed by atoms with Gasteiger partial charge in [-0.3, -0.25) is 0 Å². The molecule has 6 aromatic carbocycles. The van der Waals surface area contributed by atoms with Gasteiger partial charge in [-0.05, 0) is 74.5 Å². The quantitative estimate of drug-likeness (QED) is 0.230. The van der Waals surface area contributed by atoms with Gasteiger partial charge in [0, 0.05) is 21.9 Å². The molecule has 1 aliphatic rings. The van der Waals surface area contributed by atoms with Crippen LogP contribution in [0.3, 0.4) is 0 Å². The number of aromatic nitrogens is 1. The lowest BCUT2D eigenvalue weighted by Crippen LogP contribution is -2.14. The number of benzene rings is 6. The van der Waals surface area contributed by atoms with Gasteiger partial charge in [-0.1, -0.05) is 111 Å². The number of hydrogen-bond donors (Lipinski definition) is 0. The molecule has 0 radical (unpaired) electrons. The highest BCUT2D eigenvalue weighted by Gasteiger charge is 2.36. The first-order valence-corrected chi connectivity index (χ1v) is 13.4. The Balaban J connectivity index is 1.40. The Bertz CT molecular complexity index is 2050. The summed E-state index contributed by atoms with van der Waals surface area (Å²) >= 11 is 0. The van der Waals surface area contributed by atoms with Crippen molar-refractivity contribution in [3.63, 3.8) is 0 Å². The summed E-state index contributed by atoms with van der Waals surface area (Å²) in [6.07, 6.45) is 0. The maximum absolute atomic E-state index is 2.43. The van der Waals surface area contributed by atoms with E-state index in [1.165, 1.54) is 71.6 Å². The van der Waals surface area contributed by atoms with Crippen molar-refractivity contribution >= 4 is 32.6 Å². The molecule has 180 valence electrons. The SMILES string of the molecule is CC1(C)c2ccccc2-c2c(-c3cccc(-n4c5ccccc5c5cc6ccccc6cc54)c3)cccc21. The molecule has 0 fully saturated rings. The van der Waals surface area contributed by atoms with Gasteiger partial charge in [0.25, 0.3) is 0 Å². The second-order valence-electron chi connectivity index (χ2n) is 11.0. The van der Waals surface area contributed by atoms with Crippen LogP contribution in [0.4, 0.5) is 0 Å². The Hall–Kier alpha value is -4.62. The van der Waals surface area contributed by atoms with Gasteiger partial charge in [-0.25, -0.2) is 0 Å². The van der Waals surface area contributed by atoms with Gasteiger partial charge in [-0.2, -0.15) is 0 Å². The van der Waals surface area contributed by atoms with Crippen molar-refractivity contribution < 1.29 is 0 Å². The van der Waals surface area contributed by atoms with Crippen LogP contribution in [0.25, 0.3) is 60.5 Å². The van der Waals surface area contributed by atoms with E-state index in [2.05, 4.69) is 146 Å². The fourth-order valence-electron chi connectivity index (χ4n) is 6.74. The molecule has 1 aliphatic carbocycles. The lowest BCUT2D eigenvalue weighted by molar-refractivity contribution is 0.660. The maximum atomic E-state index is 2.43. The van der Waals surface area contributed by atoms with Crippen LogP contribution in [0, 0.1) is 0 Å². The predicted molar refractivity (Wildman–Crippen MR) is 161 cm³/mol. The van der Waals surface area contributed by atoms with Crippen LogP contribution in [0.5, 0.6) is 0 Å². The zero-order valence-corrected chi connectivity index (χ0v) is 21.6. The van der Waals surface area contributed by atoms with Gasteiger partial charge >= 0.3 is 0 Å². The Kier molecular flexibility index (Phi) is 4.35. The van der Waals surface area contributed by atoms with Crippen molar-refractivity contribution in [3.8, 4) is 27.9 Å². The van der Waals surface area contributed by atoms with E-state index in [9.17, 15) is 0 Å². The molecule has 0 aliphatic heterocycles. The summed E-state index contributed by atoms with van der Waals surface area (Å²) in [5.74, 6) is 0. The average molecular weight is 486 g/mol. The summed E-state index contributed by atoms with van der Waals surface area (Å²) in [6.45, 7) is 4.70. The first kappa shape index (κ1) is 21.5. The van der Waals surface area contributed by atoms with E-state index in [0.29, 0.717) is 0 Å². The fraction of sp³-hybridized carbons (Fsp3) is 0.0811. The molecule has 38 heavy (non-hydrogen) atoms. The average Bonchev–Trinajstić information content (AvgIpc) is 3.40. The normalized spacial score (nSPS) is 13.7. The summed E-state index contributed by atoms with van der Waals surface area (Å²) in [7, 11) is 0. The third-order valence-corrected chi connectivity index (χ3v) is 8.56. The highest BCUT2D eigenvalue weighted by atomic mass is 15.0. The Morgan fingerprint density at radius 2 is 1.18 bits per heavy atom. The van der Waals surface area contributed by atoms with E-state index in [1.54, 1.807) is 0 Å². The van der Waals surface area contributed by atoms with Crippen LogP contribution in [0.15, 0.2) is 127 Å². The van der Waals surface area contributed by atoms with Gasteiger partial charge in [0.05, 0.1) is 11.0 Å². The molecule has 1 heterocycles. The number of nitrogens with zero attached hydrogens (tertiary/aromatic N) is 1. The van der Waals surface area contributed by atoms with Gasteiger partial charge in [-0.15, -0.1) is 0 Å². The van der Waals surface area contributed by atoms with Gasteiger partial charge in [0.15, 0.2) is 0 Å². The van der Waals surface area contributed by atoms with Crippen LogP contribution in [-0.4, -0.2) is 4.57 Å². The predicted octanol–water partition coefficient (Wildman–Crippen LogP) is 9.91. The molecule has 0 spiro atoms. The van der Waals surface area contributed by atoms with Gasteiger partial charge < -0.3 is 4.57 Å². The number of para-hydroxylation sites is 1. The van der Waals surface area contributed by atoms with Crippen molar-refractivity contribution in [3.05, 3.63) is 139 Å². The van der Waals surface area contributed by atoms with Gasteiger partial charge in [0.1, 0.15) is 0 Å². The summed E-state index contributed by atoms with van der Waals surface area (Å²) in [5.41, 5.74) is 11.8. The standard InChI is InChI=1S/C37H27N/c1-37(2)32-18-7-5-16-30(32)36-28(17-10-19-33(36)37)26-13-9-14-27(21-26)38-34-20-8-6-15-29(34)31-22-24-11-3-4-12-25(24)23-35(31)38/h3-23H,1-2H3. The Labute approximate surface area is 222 Å². The van der Waals surface area contributed by atoms with E-state index in [1.807, 2.05) is 0 Å². The molecule has 1 nitrogen and oxygen atoms in total. The summed E-state index contributed by atoms with van der Waals surface area (Å²) in [6, 6.07) is 46.9. The molecule has 1 aromatic heterocycles. The van der Waals surface area contributed by atoms with Crippen molar-refractivity contribution in [1.82, 2.24) is 4.57 Å². The molecule has 0 saturated heterocycles. The molecule has 1 heteroatoms. The van der Waals surface area contributed by atoms with E-state index < -0.39 is 0 Å². The Morgan fingerprint density at radius 3 is 2.08 bits per heavy atom.